The van der Waals surface area contributed by atoms with Crippen molar-refractivity contribution in [2.75, 3.05) is 20.1 Å². The summed E-state index contributed by atoms with van der Waals surface area (Å²) in [5.41, 5.74) is 0. The Morgan fingerprint density at radius 3 is 2.44 bits per heavy atom. The zero-order valence-electron chi connectivity index (χ0n) is 10.6. The third kappa shape index (κ3) is 1.62. The van der Waals surface area contributed by atoms with Crippen molar-refractivity contribution in [3.63, 3.8) is 0 Å². The van der Waals surface area contributed by atoms with Crippen LogP contribution in [0.15, 0.2) is 0 Å². The molecule has 1 aliphatic heterocycles. The monoisotopic (exact) mass is 224 g/mol. The zero-order valence-corrected chi connectivity index (χ0v) is 10.6. The summed E-state index contributed by atoms with van der Waals surface area (Å²) in [6.07, 6.45) is 9.44. The molecule has 2 bridgehead atoms. The smallest absolute Gasteiger partial charge is 0.0941 e. The van der Waals surface area contributed by atoms with E-state index in [4.69, 9.17) is 0 Å². The summed E-state index contributed by atoms with van der Waals surface area (Å²) in [5.74, 6) is 1.26. The molecule has 0 radical (unpaired) electrons. The summed E-state index contributed by atoms with van der Waals surface area (Å²) in [6.45, 7) is 2.72. The third-order valence-corrected chi connectivity index (χ3v) is 5.75. The first-order valence-corrected chi connectivity index (χ1v) is 7.23. The lowest BCUT2D eigenvalue weighted by Crippen LogP contribution is -2.59. The van der Waals surface area contributed by atoms with E-state index in [-0.39, 0.29) is 6.10 Å². The number of fused-ring (bicyclic) bond motifs is 2. The van der Waals surface area contributed by atoms with Crippen molar-refractivity contribution < 1.29 is 9.59 Å². The standard InChI is InChI=1S/C14H26NO/c1-15(9-2-3-10-15)13-8-7-11-5-4-6-12(13)14(11)16/h11-14,16H,2-10H2,1H3/q+1/t11-,12+,13-,14-/m1/s1. The number of nitrogens with zero attached hydrogens (tertiary/aromatic N) is 1. The van der Waals surface area contributed by atoms with E-state index in [1.807, 2.05) is 0 Å². The summed E-state index contributed by atoms with van der Waals surface area (Å²) in [7, 11) is 2.44. The first-order chi connectivity index (χ1) is 7.71. The van der Waals surface area contributed by atoms with Crippen molar-refractivity contribution in [2.45, 2.75) is 57.1 Å². The number of aliphatic hydroxyl groups excluding tert-OH is 1. The van der Waals surface area contributed by atoms with Gasteiger partial charge in [-0.2, -0.15) is 0 Å². The molecule has 2 saturated carbocycles. The van der Waals surface area contributed by atoms with Crippen LogP contribution in [-0.2, 0) is 0 Å². The van der Waals surface area contributed by atoms with E-state index in [0.717, 1.165) is 6.04 Å². The molecule has 2 aliphatic carbocycles. The predicted octanol–water partition coefficient (Wildman–Crippen LogP) is 2.17. The SMILES string of the molecule is C[N+]1([C@@H]2CC[C@H]3CCC[C@@H]2[C@@H]3O)CCCC1. The summed E-state index contributed by atoms with van der Waals surface area (Å²) < 4.78 is 1.27. The summed E-state index contributed by atoms with van der Waals surface area (Å²) in [4.78, 5) is 0. The number of quaternary nitrogens is 1. The number of hydrogen-bond acceptors (Lipinski definition) is 1. The maximum atomic E-state index is 10.4. The van der Waals surface area contributed by atoms with Gasteiger partial charge in [0.15, 0.2) is 0 Å². The lowest BCUT2D eigenvalue weighted by atomic mass is 9.67. The average molecular weight is 224 g/mol. The van der Waals surface area contributed by atoms with Crippen molar-refractivity contribution in [3.05, 3.63) is 0 Å². The van der Waals surface area contributed by atoms with Gasteiger partial charge in [0.05, 0.1) is 32.3 Å². The number of rotatable bonds is 1. The van der Waals surface area contributed by atoms with Crippen LogP contribution in [0.5, 0.6) is 0 Å². The fraction of sp³-hybridized carbons (Fsp3) is 1.00. The third-order valence-electron chi connectivity index (χ3n) is 5.75. The molecule has 0 aromatic rings. The van der Waals surface area contributed by atoms with Crippen LogP contribution in [-0.4, -0.2) is 41.9 Å². The number of aliphatic hydroxyl groups is 1. The average Bonchev–Trinajstić information content (AvgIpc) is 2.65. The molecule has 0 amide bonds. The van der Waals surface area contributed by atoms with E-state index in [0.29, 0.717) is 11.8 Å². The second-order valence-corrected chi connectivity index (χ2v) is 6.62. The molecule has 1 heterocycles. The van der Waals surface area contributed by atoms with Gasteiger partial charge >= 0.3 is 0 Å². The van der Waals surface area contributed by atoms with Crippen LogP contribution in [0.4, 0.5) is 0 Å². The highest BCUT2D eigenvalue weighted by Crippen LogP contribution is 2.44. The minimum Gasteiger partial charge on any atom is -0.392 e. The van der Waals surface area contributed by atoms with Crippen molar-refractivity contribution >= 4 is 0 Å². The molecule has 0 spiro atoms. The van der Waals surface area contributed by atoms with Gasteiger partial charge in [-0.1, -0.05) is 6.42 Å². The molecule has 0 unspecified atom stereocenters. The molecule has 1 saturated heterocycles. The van der Waals surface area contributed by atoms with E-state index in [9.17, 15) is 5.11 Å². The van der Waals surface area contributed by atoms with Gasteiger partial charge < -0.3 is 9.59 Å². The van der Waals surface area contributed by atoms with Gasteiger partial charge in [-0.05, 0) is 25.2 Å². The van der Waals surface area contributed by atoms with Gasteiger partial charge in [-0.3, -0.25) is 0 Å². The topological polar surface area (TPSA) is 20.2 Å². The Hall–Kier alpha value is -0.0800. The second kappa shape index (κ2) is 3.99. The molecule has 92 valence electrons. The number of likely N-dealkylation sites (tertiary alicyclic amines) is 1. The molecule has 16 heavy (non-hydrogen) atoms. The highest BCUT2D eigenvalue weighted by atomic mass is 16.3. The summed E-state index contributed by atoms with van der Waals surface area (Å²) in [5, 5.41) is 10.4. The zero-order chi connectivity index (χ0) is 11.2. The molecule has 3 fully saturated rings. The van der Waals surface area contributed by atoms with Gasteiger partial charge in [0.25, 0.3) is 0 Å². The largest absolute Gasteiger partial charge is 0.392 e. The Balaban J connectivity index is 1.80. The van der Waals surface area contributed by atoms with E-state index >= 15 is 0 Å². The quantitative estimate of drug-likeness (QED) is 0.677. The van der Waals surface area contributed by atoms with E-state index in [2.05, 4.69) is 7.05 Å². The molecule has 4 atom stereocenters. The van der Waals surface area contributed by atoms with Gasteiger partial charge in [0, 0.05) is 25.2 Å². The fourth-order valence-electron chi connectivity index (χ4n) is 4.80. The Labute approximate surface area is 99.2 Å². The minimum absolute atomic E-state index is 0.0306. The molecular weight excluding hydrogens is 198 g/mol. The highest BCUT2D eigenvalue weighted by Gasteiger charge is 2.49. The first-order valence-electron chi connectivity index (χ1n) is 7.23. The molecule has 3 aliphatic rings. The van der Waals surface area contributed by atoms with Crippen molar-refractivity contribution in [1.29, 1.82) is 0 Å². The van der Waals surface area contributed by atoms with Crippen LogP contribution in [0.1, 0.15) is 44.9 Å². The lowest BCUT2D eigenvalue weighted by Gasteiger charge is -2.50. The van der Waals surface area contributed by atoms with Gasteiger partial charge in [0.2, 0.25) is 0 Å². The van der Waals surface area contributed by atoms with Crippen LogP contribution in [0.3, 0.4) is 0 Å². The molecule has 0 aromatic heterocycles. The fourth-order valence-corrected chi connectivity index (χ4v) is 4.80. The maximum Gasteiger partial charge on any atom is 0.0941 e. The van der Waals surface area contributed by atoms with Gasteiger partial charge in [-0.25, -0.2) is 0 Å². The van der Waals surface area contributed by atoms with E-state index in [1.54, 1.807) is 0 Å². The Morgan fingerprint density at radius 1 is 0.938 bits per heavy atom. The van der Waals surface area contributed by atoms with Crippen molar-refractivity contribution in [1.82, 2.24) is 0 Å². The molecular formula is C14H26NO+. The highest BCUT2D eigenvalue weighted by molar-refractivity contribution is 4.92. The van der Waals surface area contributed by atoms with E-state index in [1.165, 1.54) is 62.5 Å². The van der Waals surface area contributed by atoms with Crippen LogP contribution in [0, 0.1) is 11.8 Å². The maximum absolute atomic E-state index is 10.4. The van der Waals surface area contributed by atoms with Crippen molar-refractivity contribution in [3.8, 4) is 0 Å². The Kier molecular flexibility index (Phi) is 2.75. The van der Waals surface area contributed by atoms with E-state index < -0.39 is 0 Å². The van der Waals surface area contributed by atoms with Gasteiger partial charge in [-0.15, -0.1) is 0 Å². The predicted molar refractivity (Wildman–Crippen MR) is 65.0 cm³/mol. The summed E-state index contributed by atoms with van der Waals surface area (Å²) in [6, 6.07) is 0.772. The molecule has 1 N–H and O–H groups in total. The molecule has 3 rings (SSSR count). The van der Waals surface area contributed by atoms with Crippen LogP contribution in [0.2, 0.25) is 0 Å². The molecule has 2 nitrogen and oxygen atoms in total. The first kappa shape index (κ1) is 11.0. The van der Waals surface area contributed by atoms with Crippen molar-refractivity contribution in [2.24, 2.45) is 11.8 Å². The second-order valence-electron chi connectivity index (χ2n) is 6.62. The molecule has 0 aromatic carbocycles. The lowest BCUT2D eigenvalue weighted by molar-refractivity contribution is -0.928. The Bertz CT molecular complexity index is 259. The Morgan fingerprint density at radius 2 is 1.69 bits per heavy atom. The van der Waals surface area contributed by atoms with Crippen LogP contribution in [0.25, 0.3) is 0 Å². The number of hydrogen-bond donors (Lipinski definition) is 1. The van der Waals surface area contributed by atoms with Gasteiger partial charge in [0.1, 0.15) is 0 Å². The minimum atomic E-state index is 0.0306. The van der Waals surface area contributed by atoms with Crippen LogP contribution >= 0.6 is 0 Å². The van der Waals surface area contributed by atoms with Crippen LogP contribution < -0.4 is 0 Å². The normalized spacial score (nSPS) is 46.9. The summed E-state index contributed by atoms with van der Waals surface area (Å²) >= 11 is 0. The molecule has 2 heteroatoms.